The monoisotopic (exact) mass is 286 g/mol. The molecule has 1 heterocycles. The van der Waals surface area contributed by atoms with Crippen LogP contribution >= 0.6 is 0 Å². The van der Waals surface area contributed by atoms with Crippen molar-refractivity contribution < 1.29 is 4.74 Å². The molecule has 1 atom stereocenters. The summed E-state index contributed by atoms with van der Waals surface area (Å²) in [5, 5.41) is 0. The molecule has 124 valence electrons. The summed E-state index contributed by atoms with van der Waals surface area (Å²) in [4.78, 5) is 0. The highest BCUT2D eigenvalue weighted by atomic mass is 16.5. The molecular weight excluding hydrogens is 244 g/mol. The van der Waals surface area contributed by atoms with Crippen molar-refractivity contribution in [2.24, 2.45) is 23.2 Å². The summed E-state index contributed by atoms with van der Waals surface area (Å²) in [6.45, 7) is 21.4. The summed E-state index contributed by atoms with van der Waals surface area (Å²) < 4.78 is 5.28. The van der Waals surface area contributed by atoms with Crippen molar-refractivity contribution in [1.82, 2.24) is 0 Å². The molecule has 0 N–H and O–H groups in total. The Kier molecular flexibility index (Phi) is 14.1. The van der Waals surface area contributed by atoms with Gasteiger partial charge in [0.25, 0.3) is 0 Å². The highest BCUT2D eigenvalue weighted by Gasteiger charge is 2.27. The van der Waals surface area contributed by atoms with Gasteiger partial charge in [-0.15, -0.1) is 0 Å². The summed E-state index contributed by atoms with van der Waals surface area (Å²) in [5.41, 5.74) is 0.455. The first kappa shape index (κ1) is 22.2. The number of hydrogen-bond acceptors (Lipinski definition) is 1. The molecule has 0 aromatic carbocycles. The minimum absolute atomic E-state index is 0.455. The third-order valence-corrected chi connectivity index (χ3v) is 4.25. The Morgan fingerprint density at radius 2 is 1.40 bits per heavy atom. The highest BCUT2D eigenvalue weighted by Crippen LogP contribution is 2.32. The molecule has 2 aliphatic rings. The first-order chi connectivity index (χ1) is 9.41. The van der Waals surface area contributed by atoms with Gasteiger partial charge in [0.2, 0.25) is 0 Å². The van der Waals surface area contributed by atoms with Gasteiger partial charge in [-0.1, -0.05) is 81.6 Å². The van der Waals surface area contributed by atoms with Gasteiger partial charge < -0.3 is 4.74 Å². The molecular formula is C19H42O. The molecule has 1 heteroatoms. The molecule has 1 aliphatic carbocycles. The van der Waals surface area contributed by atoms with Crippen molar-refractivity contribution in [1.29, 1.82) is 0 Å². The molecule has 20 heavy (non-hydrogen) atoms. The van der Waals surface area contributed by atoms with Crippen molar-refractivity contribution in [2.45, 2.75) is 88.0 Å². The first-order valence-corrected chi connectivity index (χ1v) is 8.99. The van der Waals surface area contributed by atoms with Crippen LogP contribution in [-0.2, 0) is 4.74 Å². The minimum atomic E-state index is 0.455. The smallest absolute Gasteiger partial charge is 0.0500 e. The van der Waals surface area contributed by atoms with E-state index in [2.05, 4.69) is 34.6 Å². The van der Waals surface area contributed by atoms with E-state index in [-0.39, 0.29) is 0 Å². The maximum Gasteiger partial charge on any atom is 0.0500 e. The van der Waals surface area contributed by atoms with Gasteiger partial charge in [-0.05, 0) is 29.6 Å². The van der Waals surface area contributed by atoms with Crippen LogP contribution in [0, 0.1) is 23.2 Å². The molecule has 0 amide bonds. The van der Waals surface area contributed by atoms with E-state index in [1.54, 1.807) is 0 Å². The maximum absolute atomic E-state index is 5.28. The Morgan fingerprint density at radius 1 is 0.900 bits per heavy atom. The van der Waals surface area contributed by atoms with Gasteiger partial charge in [-0.2, -0.15) is 0 Å². The fourth-order valence-electron chi connectivity index (χ4n) is 2.32. The molecule has 0 bridgehead atoms. The van der Waals surface area contributed by atoms with E-state index < -0.39 is 0 Å². The van der Waals surface area contributed by atoms with E-state index in [4.69, 9.17) is 4.74 Å². The average Bonchev–Trinajstić information content (AvgIpc) is 2.85. The van der Waals surface area contributed by atoms with Crippen LogP contribution in [0.1, 0.15) is 88.0 Å². The fourth-order valence-corrected chi connectivity index (χ4v) is 2.32. The van der Waals surface area contributed by atoms with Crippen molar-refractivity contribution in [3.05, 3.63) is 0 Å². The molecule has 2 rings (SSSR count). The third-order valence-electron chi connectivity index (χ3n) is 4.25. The zero-order valence-electron chi connectivity index (χ0n) is 15.9. The van der Waals surface area contributed by atoms with Crippen molar-refractivity contribution in [2.75, 3.05) is 13.2 Å². The van der Waals surface area contributed by atoms with E-state index >= 15 is 0 Å². The average molecular weight is 287 g/mol. The van der Waals surface area contributed by atoms with Gasteiger partial charge >= 0.3 is 0 Å². The van der Waals surface area contributed by atoms with E-state index in [0.29, 0.717) is 5.41 Å². The van der Waals surface area contributed by atoms with Gasteiger partial charge in [-0.25, -0.2) is 0 Å². The Labute approximate surface area is 129 Å². The quantitative estimate of drug-likeness (QED) is 0.530. The summed E-state index contributed by atoms with van der Waals surface area (Å²) in [7, 11) is 0. The topological polar surface area (TPSA) is 9.23 Å². The van der Waals surface area contributed by atoms with E-state index in [9.17, 15) is 0 Å². The van der Waals surface area contributed by atoms with Gasteiger partial charge in [-0.3, -0.25) is 0 Å². The van der Waals surface area contributed by atoms with Crippen molar-refractivity contribution >= 4 is 0 Å². The lowest BCUT2D eigenvalue weighted by molar-refractivity contribution is 0.152. The normalized spacial score (nSPS) is 21.6. The zero-order valence-corrected chi connectivity index (χ0v) is 15.9. The molecule has 2 fully saturated rings. The van der Waals surface area contributed by atoms with Gasteiger partial charge in [0, 0.05) is 13.2 Å². The molecule has 1 unspecified atom stereocenters. The van der Waals surface area contributed by atoms with Gasteiger partial charge in [0.15, 0.2) is 0 Å². The number of ether oxygens (including phenoxy) is 1. The fraction of sp³-hybridized carbons (Fsp3) is 1.00. The predicted molar refractivity (Wildman–Crippen MR) is 93.3 cm³/mol. The van der Waals surface area contributed by atoms with Gasteiger partial charge in [0.05, 0.1) is 0 Å². The second-order valence-electron chi connectivity index (χ2n) is 6.86. The van der Waals surface area contributed by atoms with Crippen LogP contribution in [0.15, 0.2) is 0 Å². The van der Waals surface area contributed by atoms with Crippen LogP contribution in [0.2, 0.25) is 0 Å². The Balaban J connectivity index is 0. The zero-order chi connectivity index (χ0) is 16.2. The molecule has 0 radical (unpaired) electrons. The standard InChI is InChI=1S/C8H16O.C7H14.2C2H6/c1-8(2,3)7-4-5-9-6-7;1-6(2)7-4-3-5-7;2*1-2/h7H,4-6H2,1-3H3;6-7H,3-5H2,1-2H3;2*1-2H3. The van der Waals surface area contributed by atoms with Crippen LogP contribution in [0.4, 0.5) is 0 Å². The van der Waals surface area contributed by atoms with Crippen LogP contribution in [0.3, 0.4) is 0 Å². The maximum atomic E-state index is 5.28. The first-order valence-electron chi connectivity index (χ1n) is 8.99. The van der Waals surface area contributed by atoms with Crippen molar-refractivity contribution in [3.63, 3.8) is 0 Å². The Bertz CT molecular complexity index is 180. The van der Waals surface area contributed by atoms with E-state index in [1.165, 1.54) is 25.7 Å². The van der Waals surface area contributed by atoms with E-state index in [0.717, 1.165) is 31.0 Å². The highest BCUT2D eigenvalue weighted by molar-refractivity contribution is 4.76. The lowest BCUT2D eigenvalue weighted by atomic mass is 9.78. The molecule has 1 nitrogen and oxygen atoms in total. The van der Waals surface area contributed by atoms with Crippen LogP contribution in [0.25, 0.3) is 0 Å². The third kappa shape index (κ3) is 9.80. The van der Waals surface area contributed by atoms with Crippen LogP contribution in [0.5, 0.6) is 0 Å². The molecule has 1 aliphatic heterocycles. The van der Waals surface area contributed by atoms with Gasteiger partial charge in [0.1, 0.15) is 0 Å². The lowest BCUT2D eigenvalue weighted by Crippen LogP contribution is -2.19. The van der Waals surface area contributed by atoms with Crippen LogP contribution < -0.4 is 0 Å². The molecule has 0 aromatic rings. The molecule has 1 saturated carbocycles. The Hall–Kier alpha value is -0.0400. The summed E-state index contributed by atoms with van der Waals surface area (Å²) in [6, 6.07) is 0. The molecule has 0 aromatic heterocycles. The second-order valence-corrected chi connectivity index (χ2v) is 6.86. The number of hydrogen-bond donors (Lipinski definition) is 0. The second kappa shape index (κ2) is 12.7. The van der Waals surface area contributed by atoms with E-state index in [1.807, 2.05) is 27.7 Å². The minimum Gasteiger partial charge on any atom is -0.381 e. The summed E-state index contributed by atoms with van der Waals surface area (Å²) in [5.74, 6) is 2.83. The summed E-state index contributed by atoms with van der Waals surface area (Å²) in [6.07, 6.45) is 5.74. The number of rotatable bonds is 1. The predicted octanol–water partition coefficient (Wildman–Crippen LogP) is 6.56. The largest absolute Gasteiger partial charge is 0.381 e. The molecule has 0 spiro atoms. The molecule has 1 saturated heterocycles. The van der Waals surface area contributed by atoms with Crippen molar-refractivity contribution in [3.8, 4) is 0 Å². The SMILES string of the molecule is CC.CC.CC(C)(C)C1CCOC1.CC(C)C1CCC1. The Morgan fingerprint density at radius 3 is 1.50 bits per heavy atom. The lowest BCUT2D eigenvalue weighted by Gasteiger charge is -2.28. The van der Waals surface area contributed by atoms with Crippen LogP contribution in [-0.4, -0.2) is 13.2 Å². The summed E-state index contributed by atoms with van der Waals surface area (Å²) >= 11 is 0.